The predicted octanol–water partition coefficient (Wildman–Crippen LogP) is 1.38. The lowest BCUT2D eigenvalue weighted by Crippen LogP contribution is -2.38. The van der Waals surface area contributed by atoms with Gasteiger partial charge in [-0.1, -0.05) is 0 Å². The van der Waals surface area contributed by atoms with E-state index in [1.165, 1.54) is 0 Å². The second kappa shape index (κ2) is 4.77. The lowest BCUT2D eigenvalue weighted by atomic mass is 10.5. The molecule has 0 unspecified atom stereocenters. The van der Waals surface area contributed by atoms with Crippen LogP contribution in [0.4, 0.5) is 0 Å². The average molecular weight is 302 g/mol. The number of aromatic nitrogens is 6. The highest BCUT2D eigenvalue weighted by atomic mass is 32.3. The molecule has 4 rings (SSSR count). The van der Waals surface area contributed by atoms with Crippen LogP contribution >= 0.6 is 10.8 Å². The van der Waals surface area contributed by atoms with Gasteiger partial charge < -0.3 is 0 Å². The lowest BCUT2D eigenvalue weighted by Gasteiger charge is -2.44. The molecule has 0 aromatic carbocycles. The molecular formula is C12H14N8S. The van der Waals surface area contributed by atoms with E-state index in [2.05, 4.69) is 20.4 Å². The van der Waals surface area contributed by atoms with Crippen molar-refractivity contribution in [3.8, 4) is 0 Å². The molecule has 1 aliphatic rings. The van der Waals surface area contributed by atoms with Gasteiger partial charge in [0.05, 0.1) is 25.1 Å². The van der Waals surface area contributed by atoms with Gasteiger partial charge in [0.15, 0.2) is 10.8 Å². The number of rotatable bonds is 4. The SMILES string of the molecule is C1=NN(S(n2cccn2)(n2cccn2)n2cccn2)CC1. The second-order valence-electron chi connectivity index (χ2n) is 4.38. The molecule has 0 N–H and O–H groups in total. The Hall–Kier alpha value is -2.55. The van der Waals surface area contributed by atoms with E-state index in [-0.39, 0.29) is 0 Å². The minimum Gasteiger partial charge on any atom is -0.204 e. The van der Waals surface area contributed by atoms with Crippen LogP contribution in [-0.4, -0.2) is 44.7 Å². The highest BCUT2D eigenvalue weighted by Gasteiger charge is 2.40. The van der Waals surface area contributed by atoms with Crippen molar-refractivity contribution in [3.63, 3.8) is 0 Å². The summed E-state index contributed by atoms with van der Waals surface area (Å²) >= 11 is 0. The lowest BCUT2D eigenvalue weighted by molar-refractivity contribution is 0.504. The van der Waals surface area contributed by atoms with Crippen molar-refractivity contribution in [2.45, 2.75) is 6.42 Å². The highest BCUT2D eigenvalue weighted by Crippen LogP contribution is 2.53. The average Bonchev–Trinajstić information content (AvgIpc) is 3.32. The summed E-state index contributed by atoms with van der Waals surface area (Å²) in [5, 5.41) is 17.9. The molecule has 0 amide bonds. The van der Waals surface area contributed by atoms with Gasteiger partial charge in [-0.3, -0.25) is 0 Å². The first-order valence-electron chi connectivity index (χ1n) is 6.56. The quantitative estimate of drug-likeness (QED) is 0.730. The number of nitrogens with zero attached hydrogens (tertiary/aromatic N) is 8. The van der Waals surface area contributed by atoms with Gasteiger partial charge in [0.1, 0.15) is 0 Å². The Bertz CT molecular complexity index is 631. The van der Waals surface area contributed by atoms with Crippen LogP contribution in [-0.2, 0) is 0 Å². The Balaban J connectivity index is 2.01. The van der Waals surface area contributed by atoms with Gasteiger partial charge in [0.25, 0.3) is 0 Å². The van der Waals surface area contributed by atoms with Gasteiger partial charge in [-0.25, -0.2) is 4.41 Å². The van der Waals surface area contributed by atoms with Gasteiger partial charge >= 0.3 is 0 Å². The molecular weight excluding hydrogens is 288 g/mol. The first-order valence-corrected chi connectivity index (χ1v) is 8.02. The van der Waals surface area contributed by atoms with Gasteiger partial charge in [-0.15, -0.1) is 0 Å². The fourth-order valence-electron chi connectivity index (χ4n) is 2.31. The van der Waals surface area contributed by atoms with Crippen LogP contribution in [0.2, 0.25) is 0 Å². The van der Waals surface area contributed by atoms with E-state index in [1.54, 1.807) is 18.6 Å². The first kappa shape index (κ1) is 12.2. The molecule has 0 saturated carbocycles. The topological polar surface area (TPSA) is 69.1 Å². The number of hydrogen-bond acceptors (Lipinski definition) is 5. The van der Waals surface area contributed by atoms with E-state index in [9.17, 15) is 0 Å². The van der Waals surface area contributed by atoms with Crippen LogP contribution in [0.25, 0.3) is 0 Å². The maximum atomic E-state index is 4.54. The summed E-state index contributed by atoms with van der Waals surface area (Å²) in [6, 6.07) is 5.69. The van der Waals surface area contributed by atoms with E-state index >= 15 is 0 Å². The maximum Gasteiger partial charge on any atom is 0.158 e. The molecule has 0 bridgehead atoms. The van der Waals surface area contributed by atoms with Gasteiger partial charge in [0, 0.05) is 31.2 Å². The molecule has 1 aliphatic heterocycles. The van der Waals surface area contributed by atoms with Crippen molar-refractivity contribution in [1.29, 1.82) is 0 Å². The third-order valence-corrected chi connectivity index (χ3v) is 6.13. The van der Waals surface area contributed by atoms with Crippen LogP contribution in [0.1, 0.15) is 6.42 Å². The monoisotopic (exact) mass is 302 g/mol. The fraction of sp³-hybridized carbons (Fsp3) is 0.167. The number of hydrogen-bond donors (Lipinski definition) is 0. The minimum absolute atomic E-state index is 0.801. The van der Waals surface area contributed by atoms with Crippen LogP contribution < -0.4 is 0 Å². The Morgan fingerprint density at radius 3 is 1.62 bits per heavy atom. The van der Waals surface area contributed by atoms with Crippen molar-refractivity contribution < 1.29 is 0 Å². The van der Waals surface area contributed by atoms with Crippen molar-refractivity contribution in [1.82, 2.24) is 32.0 Å². The molecule has 0 spiro atoms. The van der Waals surface area contributed by atoms with Crippen LogP contribution in [0, 0.1) is 0 Å². The van der Waals surface area contributed by atoms with E-state index < -0.39 is 10.8 Å². The van der Waals surface area contributed by atoms with Crippen molar-refractivity contribution in [2.24, 2.45) is 5.10 Å². The van der Waals surface area contributed by atoms with E-state index in [4.69, 9.17) is 0 Å². The van der Waals surface area contributed by atoms with Gasteiger partial charge in [-0.2, -0.15) is 32.7 Å². The predicted molar refractivity (Wildman–Crippen MR) is 80.3 cm³/mol. The molecule has 0 saturated heterocycles. The second-order valence-corrected chi connectivity index (χ2v) is 6.90. The summed E-state index contributed by atoms with van der Waals surface area (Å²) in [7, 11) is -2.03. The molecule has 9 heteroatoms. The third-order valence-electron chi connectivity index (χ3n) is 3.14. The molecule has 8 nitrogen and oxygen atoms in total. The summed E-state index contributed by atoms with van der Waals surface area (Å²) in [6.07, 6.45) is 13.9. The Morgan fingerprint density at radius 1 is 0.762 bits per heavy atom. The van der Waals surface area contributed by atoms with Crippen LogP contribution in [0.15, 0.2) is 60.5 Å². The van der Waals surface area contributed by atoms with Crippen LogP contribution in [0.5, 0.6) is 0 Å². The summed E-state index contributed by atoms with van der Waals surface area (Å²) in [5.74, 6) is 0. The standard InChI is InChI=1S/C12H14N8S/c1-5-13-17(9-1)21(18-10-2-6-14-18,19-11-3-7-15-19)20-12-4-8-16-20/h1-3,5-11H,4,12H2. The molecule has 3 aromatic rings. The Kier molecular flexibility index (Phi) is 2.78. The highest BCUT2D eigenvalue weighted by molar-refractivity contribution is 8.27. The Morgan fingerprint density at radius 2 is 1.29 bits per heavy atom. The normalized spacial score (nSPS) is 15.7. The fourth-order valence-corrected chi connectivity index (χ4v) is 5.19. The van der Waals surface area contributed by atoms with Crippen LogP contribution in [0.3, 0.4) is 0 Å². The Labute approximate surface area is 123 Å². The molecule has 0 aliphatic carbocycles. The zero-order valence-electron chi connectivity index (χ0n) is 11.2. The van der Waals surface area contributed by atoms with Crippen molar-refractivity contribution >= 4 is 17.0 Å². The van der Waals surface area contributed by atoms with Crippen molar-refractivity contribution in [3.05, 3.63) is 55.4 Å². The molecule has 0 radical (unpaired) electrons. The first-order chi connectivity index (χ1) is 10.4. The molecule has 0 atom stereocenters. The zero-order chi connectivity index (χ0) is 14.1. The minimum atomic E-state index is -2.03. The van der Waals surface area contributed by atoms with Crippen molar-refractivity contribution in [2.75, 3.05) is 6.54 Å². The summed E-state index contributed by atoms with van der Waals surface area (Å²) in [6.45, 7) is 0.801. The summed E-state index contributed by atoms with van der Waals surface area (Å²) < 4.78 is 7.67. The molecule has 4 heterocycles. The van der Waals surface area contributed by atoms with E-state index in [1.807, 2.05) is 59.7 Å². The largest absolute Gasteiger partial charge is 0.204 e. The molecule has 108 valence electrons. The van der Waals surface area contributed by atoms with E-state index in [0.717, 1.165) is 13.0 Å². The molecule has 21 heavy (non-hydrogen) atoms. The molecule has 0 fully saturated rings. The van der Waals surface area contributed by atoms with Gasteiger partial charge in [-0.05, 0) is 18.2 Å². The van der Waals surface area contributed by atoms with Gasteiger partial charge in [0.2, 0.25) is 0 Å². The zero-order valence-corrected chi connectivity index (χ0v) is 12.0. The number of hydrazone groups is 1. The summed E-state index contributed by atoms with van der Waals surface area (Å²) in [4.78, 5) is 0. The summed E-state index contributed by atoms with van der Waals surface area (Å²) in [5.41, 5.74) is 0. The maximum absolute atomic E-state index is 4.54. The smallest absolute Gasteiger partial charge is 0.158 e. The van der Waals surface area contributed by atoms with E-state index in [0.29, 0.717) is 0 Å². The molecule has 3 aromatic heterocycles. The third kappa shape index (κ3) is 1.70.